The van der Waals surface area contributed by atoms with Crippen LogP contribution in [0.4, 0.5) is 17.6 Å². The summed E-state index contributed by atoms with van der Waals surface area (Å²) in [7, 11) is 0. The number of aromatic nitrogens is 1. The first-order chi connectivity index (χ1) is 10.3. The van der Waals surface area contributed by atoms with Crippen molar-refractivity contribution in [2.45, 2.75) is 25.1 Å². The Morgan fingerprint density at radius 2 is 2.09 bits per heavy atom. The summed E-state index contributed by atoms with van der Waals surface area (Å²) in [6.45, 7) is 2.75. The summed E-state index contributed by atoms with van der Waals surface area (Å²) >= 11 is 0. The minimum Gasteiger partial charge on any atom is -0.347 e. The van der Waals surface area contributed by atoms with Gasteiger partial charge in [-0.25, -0.2) is 4.98 Å². The van der Waals surface area contributed by atoms with Crippen LogP contribution in [0.2, 0.25) is 0 Å². The number of nitrogens with one attached hydrogen (secondary N) is 1. The van der Waals surface area contributed by atoms with Gasteiger partial charge < -0.3 is 10.2 Å². The lowest BCUT2D eigenvalue weighted by atomic mass is 9.97. The van der Waals surface area contributed by atoms with Crippen LogP contribution in [0.5, 0.6) is 0 Å². The Morgan fingerprint density at radius 1 is 1.32 bits per heavy atom. The molecule has 1 N–H and O–H groups in total. The van der Waals surface area contributed by atoms with Crippen molar-refractivity contribution in [3.05, 3.63) is 29.3 Å². The molecule has 0 aliphatic carbocycles. The van der Waals surface area contributed by atoms with Gasteiger partial charge in [-0.1, -0.05) is 0 Å². The summed E-state index contributed by atoms with van der Waals surface area (Å²) in [6, 6.07) is 1.38. The molecule has 120 valence electrons. The van der Waals surface area contributed by atoms with Gasteiger partial charge in [0.2, 0.25) is 5.95 Å². The van der Waals surface area contributed by atoms with E-state index >= 15 is 0 Å². The van der Waals surface area contributed by atoms with Crippen LogP contribution in [0.15, 0.2) is 12.1 Å². The number of nitrogens with zero attached hydrogens (tertiary/aromatic N) is 2. The van der Waals surface area contributed by atoms with Gasteiger partial charge in [-0.3, -0.25) is 4.79 Å². The van der Waals surface area contributed by atoms with Crippen molar-refractivity contribution in [3.63, 3.8) is 0 Å². The fourth-order valence-electron chi connectivity index (χ4n) is 3.20. The lowest BCUT2D eigenvalue weighted by Crippen LogP contribution is -2.47. The van der Waals surface area contributed by atoms with Gasteiger partial charge in [-0.05, 0) is 37.4 Å². The van der Waals surface area contributed by atoms with Crippen LogP contribution >= 0.6 is 0 Å². The number of amides is 1. The second-order valence-corrected chi connectivity index (χ2v) is 5.85. The van der Waals surface area contributed by atoms with Gasteiger partial charge >= 0.3 is 6.18 Å². The van der Waals surface area contributed by atoms with E-state index in [1.807, 2.05) is 0 Å². The highest BCUT2D eigenvalue weighted by Crippen LogP contribution is 2.30. The van der Waals surface area contributed by atoms with E-state index in [0.29, 0.717) is 18.5 Å². The summed E-state index contributed by atoms with van der Waals surface area (Å²) in [5.74, 6) is -1.77. The maximum atomic E-state index is 13.4. The number of alkyl halides is 3. The quantitative estimate of drug-likeness (QED) is 0.671. The second-order valence-electron chi connectivity index (χ2n) is 5.85. The molecule has 3 atom stereocenters. The number of carbonyl (C=O) groups excluding carboxylic acids is 1. The standard InChI is InChI=1S/C14H15F4N3O/c15-12-10(14(16,17)18)1-2-11(20-12)13(22)19-9-5-8-3-4-21(6-8)7-9/h1-2,8-9H,3-7H2,(H,19,22). The number of carbonyl (C=O) groups is 1. The lowest BCUT2D eigenvalue weighted by molar-refractivity contribution is -0.140. The van der Waals surface area contributed by atoms with Crippen LogP contribution in [0.3, 0.4) is 0 Å². The molecule has 1 aromatic rings. The molecule has 0 spiro atoms. The highest BCUT2D eigenvalue weighted by Gasteiger charge is 2.36. The van der Waals surface area contributed by atoms with Crippen molar-refractivity contribution in [1.82, 2.24) is 15.2 Å². The largest absolute Gasteiger partial charge is 0.420 e. The topological polar surface area (TPSA) is 45.2 Å². The minimum absolute atomic E-state index is 0.0686. The molecule has 2 bridgehead atoms. The van der Waals surface area contributed by atoms with Gasteiger partial charge in [-0.15, -0.1) is 0 Å². The summed E-state index contributed by atoms with van der Waals surface area (Å²) in [4.78, 5) is 17.4. The Morgan fingerprint density at radius 3 is 2.73 bits per heavy atom. The number of pyridine rings is 1. The first-order valence-electron chi connectivity index (χ1n) is 7.10. The number of piperidine rings is 1. The molecule has 2 fully saturated rings. The maximum absolute atomic E-state index is 13.4. The average Bonchev–Trinajstić information content (AvgIpc) is 2.76. The van der Waals surface area contributed by atoms with Gasteiger partial charge in [-0.2, -0.15) is 17.6 Å². The summed E-state index contributed by atoms with van der Waals surface area (Å²) in [6.07, 6.45) is -2.88. The molecular weight excluding hydrogens is 302 g/mol. The third kappa shape index (κ3) is 3.06. The molecule has 1 amide bonds. The van der Waals surface area contributed by atoms with E-state index in [1.54, 1.807) is 0 Å². The van der Waals surface area contributed by atoms with E-state index in [4.69, 9.17) is 0 Å². The minimum atomic E-state index is -4.82. The Kier molecular flexibility index (Phi) is 3.80. The van der Waals surface area contributed by atoms with Gasteiger partial charge in [0.1, 0.15) is 11.3 Å². The SMILES string of the molecule is O=C(NC1CC2CCN(C2)C1)c1ccc(C(F)(F)F)c(F)n1. The van der Waals surface area contributed by atoms with Gasteiger partial charge in [0.25, 0.3) is 5.91 Å². The fourth-order valence-corrected chi connectivity index (χ4v) is 3.20. The van der Waals surface area contributed by atoms with Crippen LogP contribution < -0.4 is 5.32 Å². The predicted octanol–water partition coefficient (Wildman–Crippen LogP) is 2.06. The first-order valence-corrected chi connectivity index (χ1v) is 7.10. The molecule has 2 aliphatic rings. The smallest absolute Gasteiger partial charge is 0.347 e. The molecule has 0 radical (unpaired) electrons. The molecule has 4 nitrogen and oxygen atoms in total. The Hall–Kier alpha value is -1.70. The molecule has 2 saturated heterocycles. The van der Waals surface area contributed by atoms with Crippen molar-refractivity contribution in [1.29, 1.82) is 0 Å². The van der Waals surface area contributed by atoms with Gasteiger partial charge in [0, 0.05) is 19.1 Å². The molecule has 2 aliphatic heterocycles. The zero-order chi connectivity index (χ0) is 15.9. The molecule has 22 heavy (non-hydrogen) atoms. The molecule has 1 aromatic heterocycles. The molecular formula is C14H15F4N3O. The Labute approximate surface area is 124 Å². The number of halogens is 4. The molecule has 8 heteroatoms. The van der Waals surface area contributed by atoms with Crippen molar-refractivity contribution in [3.8, 4) is 0 Å². The average molecular weight is 317 g/mol. The van der Waals surface area contributed by atoms with E-state index in [0.717, 1.165) is 32.0 Å². The van der Waals surface area contributed by atoms with Crippen LogP contribution in [0.25, 0.3) is 0 Å². The van der Waals surface area contributed by atoms with Crippen LogP contribution in [-0.2, 0) is 6.18 Å². The van der Waals surface area contributed by atoms with E-state index in [-0.39, 0.29) is 11.7 Å². The highest BCUT2D eigenvalue weighted by atomic mass is 19.4. The normalized spacial score (nSPS) is 27.7. The molecule has 0 aromatic carbocycles. The predicted molar refractivity (Wildman–Crippen MR) is 69.6 cm³/mol. The van der Waals surface area contributed by atoms with Crippen molar-refractivity contribution in [2.24, 2.45) is 5.92 Å². The lowest BCUT2D eigenvalue weighted by Gasteiger charge is -2.30. The second kappa shape index (κ2) is 5.49. The number of fused-ring (bicyclic) bond motifs is 2. The van der Waals surface area contributed by atoms with E-state index in [1.165, 1.54) is 0 Å². The zero-order valence-electron chi connectivity index (χ0n) is 11.7. The van der Waals surface area contributed by atoms with Crippen LogP contribution in [0, 0.1) is 11.9 Å². The third-order valence-electron chi connectivity index (χ3n) is 4.19. The zero-order valence-corrected chi connectivity index (χ0v) is 11.7. The number of hydrogen-bond acceptors (Lipinski definition) is 3. The van der Waals surface area contributed by atoms with Crippen molar-refractivity contribution < 1.29 is 22.4 Å². The van der Waals surface area contributed by atoms with Gasteiger partial charge in [0.05, 0.1) is 0 Å². The van der Waals surface area contributed by atoms with E-state index in [2.05, 4.69) is 15.2 Å². The molecule has 0 saturated carbocycles. The van der Waals surface area contributed by atoms with E-state index < -0.39 is 23.6 Å². The number of hydrogen-bond donors (Lipinski definition) is 1. The Balaban J connectivity index is 1.69. The monoisotopic (exact) mass is 317 g/mol. The molecule has 3 unspecified atom stereocenters. The van der Waals surface area contributed by atoms with Crippen LogP contribution in [-0.4, -0.2) is 41.5 Å². The summed E-state index contributed by atoms with van der Waals surface area (Å²) in [5, 5.41) is 2.73. The van der Waals surface area contributed by atoms with E-state index in [9.17, 15) is 22.4 Å². The molecule has 3 rings (SSSR count). The van der Waals surface area contributed by atoms with Crippen molar-refractivity contribution in [2.75, 3.05) is 19.6 Å². The van der Waals surface area contributed by atoms with Crippen LogP contribution in [0.1, 0.15) is 28.9 Å². The molecule has 3 heterocycles. The first kappa shape index (κ1) is 15.2. The summed E-state index contributed by atoms with van der Waals surface area (Å²) in [5.41, 5.74) is -1.80. The fraction of sp³-hybridized carbons (Fsp3) is 0.571. The summed E-state index contributed by atoms with van der Waals surface area (Å²) < 4.78 is 50.8. The van der Waals surface area contributed by atoms with Gasteiger partial charge in [0.15, 0.2) is 0 Å². The maximum Gasteiger partial charge on any atom is 0.420 e. The Bertz CT molecular complexity index is 578. The highest BCUT2D eigenvalue weighted by molar-refractivity contribution is 5.92. The number of rotatable bonds is 2. The van der Waals surface area contributed by atoms with Crippen molar-refractivity contribution >= 4 is 5.91 Å². The third-order valence-corrected chi connectivity index (χ3v) is 4.19.